The summed E-state index contributed by atoms with van der Waals surface area (Å²) in [5, 5.41) is 12.4. The molecule has 0 unspecified atom stereocenters. The van der Waals surface area contributed by atoms with Gasteiger partial charge in [0.05, 0.1) is 17.6 Å². The summed E-state index contributed by atoms with van der Waals surface area (Å²) in [6.07, 6.45) is 1.61. The highest BCUT2D eigenvalue weighted by Crippen LogP contribution is 2.30. The largest absolute Gasteiger partial charge is 0.461 e. The first-order chi connectivity index (χ1) is 15.1. The molecule has 0 spiro atoms. The number of rotatable bonds is 8. The van der Waals surface area contributed by atoms with Crippen molar-refractivity contribution in [3.63, 3.8) is 0 Å². The standard InChI is InChI=1S/C24H24N4O2S/c1-3-28-22(20-15-10-16-30-20)26-27-23(28)31-17-21(29)25-24(2,18-11-6-4-7-12-18)19-13-8-5-9-14-19/h4-16H,3,17H2,1-2H3,(H,25,29). The SMILES string of the molecule is CCn1c(SCC(=O)NC(C)(c2ccccc2)c2ccccc2)nnc1-c1ccco1. The molecule has 0 radical (unpaired) electrons. The summed E-state index contributed by atoms with van der Waals surface area (Å²) in [4.78, 5) is 13.0. The average Bonchev–Trinajstić information content (AvgIpc) is 3.48. The molecule has 7 heteroatoms. The third kappa shape index (κ3) is 4.41. The molecule has 0 aliphatic heterocycles. The zero-order valence-corrected chi connectivity index (χ0v) is 18.3. The molecule has 0 bridgehead atoms. The Hall–Kier alpha value is -3.32. The Bertz CT molecular complexity index is 1090. The van der Waals surface area contributed by atoms with Gasteiger partial charge in [-0.3, -0.25) is 9.36 Å². The summed E-state index contributed by atoms with van der Waals surface area (Å²) >= 11 is 1.36. The summed E-state index contributed by atoms with van der Waals surface area (Å²) < 4.78 is 7.40. The van der Waals surface area contributed by atoms with E-state index in [4.69, 9.17) is 4.42 Å². The van der Waals surface area contributed by atoms with E-state index in [0.717, 1.165) is 11.1 Å². The zero-order valence-electron chi connectivity index (χ0n) is 17.5. The Morgan fingerprint density at radius 2 is 1.65 bits per heavy atom. The van der Waals surface area contributed by atoms with Crippen LogP contribution in [0.15, 0.2) is 88.6 Å². The molecule has 1 amide bonds. The highest BCUT2D eigenvalue weighted by Gasteiger charge is 2.30. The van der Waals surface area contributed by atoms with Crippen molar-refractivity contribution in [2.24, 2.45) is 0 Å². The van der Waals surface area contributed by atoms with Crippen molar-refractivity contribution in [2.75, 3.05) is 5.75 Å². The van der Waals surface area contributed by atoms with Crippen molar-refractivity contribution in [1.82, 2.24) is 20.1 Å². The lowest BCUT2D eigenvalue weighted by atomic mass is 9.84. The number of hydrogen-bond donors (Lipinski definition) is 1. The molecular formula is C24H24N4O2S. The van der Waals surface area contributed by atoms with Crippen LogP contribution in [0.4, 0.5) is 0 Å². The maximum absolute atomic E-state index is 13.0. The normalized spacial score (nSPS) is 11.4. The van der Waals surface area contributed by atoms with Gasteiger partial charge in [0.1, 0.15) is 0 Å². The number of furan rings is 1. The molecule has 0 fully saturated rings. The number of amides is 1. The molecule has 2 aromatic carbocycles. The number of nitrogens with zero attached hydrogens (tertiary/aromatic N) is 3. The van der Waals surface area contributed by atoms with Crippen molar-refractivity contribution >= 4 is 17.7 Å². The average molecular weight is 433 g/mol. The monoisotopic (exact) mass is 432 g/mol. The molecule has 2 aromatic heterocycles. The van der Waals surface area contributed by atoms with Crippen molar-refractivity contribution in [3.8, 4) is 11.6 Å². The van der Waals surface area contributed by atoms with E-state index in [1.54, 1.807) is 6.26 Å². The molecule has 0 saturated heterocycles. The van der Waals surface area contributed by atoms with Crippen LogP contribution in [0.3, 0.4) is 0 Å². The molecule has 0 aliphatic carbocycles. The molecule has 4 aromatic rings. The van der Waals surface area contributed by atoms with Crippen LogP contribution in [0.2, 0.25) is 0 Å². The fourth-order valence-electron chi connectivity index (χ4n) is 3.57. The minimum atomic E-state index is -0.641. The highest BCUT2D eigenvalue weighted by atomic mass is 32.2. The Morgan fingerprint density at radius 1 is 1.00 bits per heavy atom. The van der Waals surface area contributed by atoms with Gasteiger partial charge >= 0.3 is 0 Å². The quantitative estimate of drug-likeness (QED) is 0.408. The lowest BCUT2D eigenvalue weighted by molar-refractivity contribution is -0.120. The van der Waals surface area contributed by atoms with Gasteiger partial charge in [0, 0.05) is 6.54 Å². The number of thioether (sulfide) groups is 1. The van der Waals surface area contributed by atoms with Crippen molar-refractivity contribution in [3.05, 3.63) is 90.2 Å². The Morgan fingerprint density at radius 3 is 2.19 bits per heavy atom. The summed E-state index contributed by atoms with van der Waals surface area (Å²) in [7, 11) is 0. The Labute approximate surface area is 185 Å². The topological polar surface area (TPSA) is 73.0 Å². The maximum Gasteiger partial charge on any atom is 0.231 e. The van der Waals surface area contributed by atoms with Crippen LogP contribution in [0, 0.1) is 0 Å². The zero-order chi connectivity index (χ0) is 21.7. The lowest BCUT2D eigenvalue weighted by Crippen LogP contribution is -2.45. The molecule has 4 rings (SSSR count). The Kier molecular flexibility index (Phi) is 6.23. The van der Waals surface area contributed by atoms with Gasteiger partial charge in [-0.1, -0.05) is 72.4 Å². The fraction of sp³-hybridized carbons (Fsp3) is 0.208. The van der Waals surface area contributed by atoms with Gasteiger partial charge in [0.25, 0.3) is 0 Å². The van der Waals surface area contributed by atoms with Crippen LogP contribution in [-0.4, -0.2) is 26.4 Å². The highest BCUT2D eigenvalue weighted by molar-refractivity contribution is 7.99. The van der Waals surface area contributed by atoms with Gasteiger partial charge in [0.2, 0.25) is 5.91 Å². The van der Waals surface area contributed by atoms with E-state index in [1.807, 2.05) is 91.2 Å². The van der Waals surface area contributed by atoms with E-state index < -0.39 is 5.54 Å². The van der Waals surface area contributed by atoms with Gasteiger partial charge in [-0.05, 0) is 37.1 Å². The molecule has 0 saturated carbocycles. The van der Waals surface area contributed by atoms with E-state index >= 15 is 0 Å². The fourth-order valence-corrected chi connectivity index (χ4v) is 4.37. The van der Waals surface area contributed by atoms with E-state index in [1.165, 1.54) is 11.8 Å². The van der Waals surface area contributed by atoms with Crippen LogP contribution in [0.1, 0.15) is 25.0 Å². The first-order valence-electron chi connectivity index (χ1n) is 10.1. The smallest absolute Gasteiger partial charge is 0.231 e. The number of benzene rings is 2. The molecular weight excluding hydrogens is 408 g/mol. The summed E-state index contributed by atoms with van der Waals surface area (Å²) in [5.74, 6) is 1.47. The molecule has 1 N–H and O–H groups in total. The molecule has 31 heavy (non-hydrogen) atoms. The van der Waals surface area contributed by atoms with Crippen LogP contribution in [0.5, 0.6) is 0 Å². The number of aromatic nitrogens is 3. The number of hydrogen-bond acceptors (Lipinski definition) is 5. The summed E-state index contributed by atoms with van der Waals surface area (Å²) in [5.41, 5.74) is 1.41. The molecule has 0 aliphatic rings. The number of nitrogens with one attached hydrogen (secondary N) is 1. The Balaban J connectivity index is 1.52. The van der Waals surface area contributed by atoms with Gasteiger partial charge < -0.3 is 9.73 Å². The first kappa shape index (κ1) is 20.9. The van der Waals surface area contributed by atoms with E-state index in [0.29, 0.717) is 23.3 Å². The second-order valence-electron chi connectivity index (χ2n) is 7.22. The van der Waals surface area contributed by atoms with Crippen LogP contribution in [0.25, 0.3) is 11.6 Å². The van der Waals surface area contributed by atoms with Crippen molar-refractivity contribution in [1.29, 1.82) is 0 Å². The number of carbonyl (C=O) groups is 1. The predicted octanol–water partition coefficient (Wildman–Crippen LogP) is 4.73. The minimum absolute atomic E-state index is 0.0783. The second-order valence-corrected chi connectivity index (χ2v) is 8.16. The predicted molar refractivity (Wildman–Crippen MR) is 122 cm³/mol. The van der Waals surface area contributed by atoms with Gasteiger partial charge in [-0.15, -0.1) is 10.2 Å². The van der Waals surface area contributed by atoms with Gasteiger partial charge in [-0.25, -0.2) is 0 Å². The van der Waals surface area contributed by atoms with Gasteiger partial charge in [-0.2, -0.15) is 0 Å². The third-order valence-electron chi connectivity index (χ3n) is 5.20. The minimum Gasteiger partial charge on any atom is -0.461 e. The molecule has 158 valence electrons. The number of carbonyl (C=O) groups excluding carboxylic acids is 1. The second kappa shape index (κ2) is 9.22. The summed E-state index contributed by atoms with van der Waals surface area (Å²) in [6, 6.07) is 23.7. The maximum atomic E-state index is 13.0. The molecule has 2 heterocycles. The van der Waals surface area contributed by atoms with E-state index in [2.05, 4.69) is 15.5 Å². The van der Waals surface area contributed by atoms with Crippen molar-refractivity contribution < 1.29 is 9.21 Å². The summed E-state index contributed by atoms with van der Waals surface area (Å²) in [6.45, 7) is 4.73. The van der Waals surface area contributed by atoms with Gasteiger partial charge in [0.15, 0.2) is 16.7 Å². The van der Waals surface area contributed by atoms with Crippen LogP contribution >= 0.6 is 11.8 Å². The van der Waals surface area contributed by atoms with E-state index in [9.17, 15) is 4.79 Å². The lowest BCUT2D eigenvalue weighted by Gasteiger charge is -2.32. The van der Waals surface area contributed by atoms with E-state index in [-0.39, 0.29) is 11.7 Å². The first-order valence-corrected chi connectivity index (χ1v) is 11.1. The van der Waals surface area contributed by atoms with Crippen molar-refractivity contribution in [2.45, 2.75) is 31.1 Å². The van der Waals surface area contributed by atoms with Crippen LogP contribution < -0.4 is 5.32 Å². The molecule has 0 atom stereocenters. The third-order valence-corrected chi connectivity index (χ3v) is 6.17. The molecule has 6 nitrogen and oxygen atoms in total. The van der Waals surface area contributed by atoms with Crippen LogP contribution in [-0.2, 0) is 16.9 Å².